The van der Waals surface area contributed by atoms with Gasteiger partial charge in [0.05, 0.1) is 102 Å². The van der Waals surface area contributed by atoms with Crippen molar-refractivity contribution in [2.45, 2.75) is 47.0 Å². The van der Waals surface area contributed by atoms with E-state index in [1.807, 2.05) is 160 Å². The van der Waals surface area contributed by atoms with E-state index >= 15 is 0 Å². The molecule has 550 valence electrons. The average Bonchev–Trinajstić information content (AvgIpc) is 1.60. The van der Waals surface area contributed by atoms with Gasteiger partial charge in [-0.3, -0.25) is 76.2 Å². The Kier molecular flexibility index (Phi) is 18.8. The highest BCUT2D eigenvalue weighted by Gasteiger charge is 2.35. The van der Waals surface area contributed by atoms with Crippen LogP contribution in [0.5, 0.6) is 0 Å². The molecule has 8 aromatic carbocycles. The summed E-state index contributed by atoms with van der Waals surface area (Å²) in [6, 6.07) is 47.0. The number of benzene rings is 8. The molecule has 12 aromatic rings. The number of rotatable bonds is 8. The number of aryl methyl sites for hydroxylation is 3. The molecule has 4 aromatic heterocycles. The number of hydrogen-bond donors (Lipinski definition) is 1. The smallest absolute Gasteiger partial charge is 0.266 e. The Morgan fingerprint density at radius 1 is 0.321 bits per heavy atom. The molecule has 24 nitrogen and oxygen atoms in total. The highest BCUT2D eigenvalue weighted by Crippen LogP contribution is 2.33. The van der Waals surface area contributed by atoms with E-state index in [2.05, 4.69) is 68.7 Å². The van der Waals surface area contributed by atoms with E-state index in [-0.39, 0.29) is 68.7 Å². The van der Waals surface area contributed by atoms with Crippen molar-refractivity contribution in [1.82, 2.24) is 72.9 Å². The second-order valence-electron chi connectivity index (χ2n) is 29.7. The first kappa shape index (κ1) is 70.6. The molecule has 0 unspecified atom stereocenters. The van der Waals surface area contributed by atoms with Crippen molar-refractivity contribution in [3.63, 3.8) is 0 Å². The molecule has 20 rings (SSSR count). The monoisotopic (exact) mass is 1460 g/mol. The zero-order valence-corrected chi connectivity index (χ0v) is 61.5. The summed E-state index contributed by atoms with van der Waals surface area (Å²) < 4.78 is 11.2. The largest absolute Gasteiger partial charge is 0.379 e. The maximum absolute atomic E-state index is 13.3. The summed E-state index contributed by atoms with van der Waals surface area (Å²) in [5, 5.41) is 5.59. The Labute approximate surface area is 626 Å². The topological polar surface area (TPSA) is 249 Å². The summed E-state index contributed by atoms with van der Waals surface area (Å²) in [4.78, 5) is 136. The molecule has 0 amide bonds. The van der Waals surface area contributed by atoms with Crippen LogP contribution in [0.2, 0.25) is 0 Å². The van der Waals surface area contributed by atoms with E-state index in [4.69, 9.17) is 4.74 Å². The molecule has 1 N–H and O–H groups in total. The molecule has 0 radical (unpaired) electrons. The molecule has 4 saturated heterocycles. The fourth-order valence-electron chi connectivity index (χ4n) is 15.9. The lowest BCUT2D eigenvalue weighted by Gasteiger charge is -2.32. The Morgan fingerprint density at radius 2 is 0.615 bits per heavy atom. The van der Waals surface area contributed by atoms with Crippen molar-refractivity contribution in [3.8, 4) is 22.7 Å². The SMILES string of the molecule is CN1CCN(Cc2ccc3nc4n(c(=O)c3c2)-c2ccccc2C4=O)CC1.Cc1ccc2c(c1)C(=O)c1nc3ccc(CN4CCN(C)CC4)cc3c(=O)n1-2.Cc1ccc2c(c1)C(=O)c1nc3ccc(CN4CCNCC4)cc3c(=O)n1-2.Cc1ccc2c(c1)C(=O)c1nc3ccc(CN4CCOCC4)cc3c(=O)n1-2. The van der Waals surface area contributed by atoms with E-state index in [9.17, 15) is 38.4 Å². The van der Waals surface area contributed by atoms with Gasteiger partial charge in [0.1, 0.15) is 0 Å². The number of aromatic nitrogens is 8. The van der Waals surface area contributed by atoms with Crippen molar-refractivity contribution in [1.29, 1.82) is 0 Å². The quantitative estimate of drug-likeness (QED) is 0.156. The first-order chi connectivity index (χ1) is 52.9. The van der Waals surface area contributed by atoms with Crippen LogP contribution in [0.4, 0.5) is 0 Å². The van der Waals surface area contributed by atoms with E-state index < -0.39 is 0 Å². The van der Waals surface area contributed by atoms with Crippen LogP contribution in [0.1, 0.15) is 104 Å². The molecular weight excluding hydrogens is 1380 g/mol. The number of ketones is 4. The van der Waals surface area contributed by atoms with Crippen molar-refractivity contribution in [2.24, 2.45) is 0 Å². The molecular formula is C85H81N15O9. The molecule has 0 bridgehead atoms. The van der Waals surface area contributed by atoms with Crippen molar-refractivity contribution < 1.29 is 23.9 Å². The third kappa shape index (κ3) is 13.4. The van der Waals surface area contributed by atoms with Crippen LogP contribution in [-0.2, 0) is 30.9 Å². The van der Waals surface area contributed by atoms with Crippen LogP contribution in [-0.4, -0.2) is 210 Å². The van der Waals surface area contributed by atoms with Gasteiger partial charge in [-0.15, -0.1) is 0 Å². The van der Waals surface area contributed by atoms with Crippen LogP contribution in [0, 0.1) is 20.8 Å². The number of nitrogens with zero attached hydrogens (tertiary/aromatic N) is 14. The van der Waals surface area contributed by atoms with Gasteiger partial charge in [0.2, 0.25) is 23.1 Å². The van der Waals surface area contributed by atoms with Gasteiger partial charge in [0.15, 0.2) is 23.3 Å². The molecule has 8 aliphatic rings. The minimum atomic E-state index is -0.190. The highest BCUT2D eigenvalue weighted by atomic mass is 16.5. The molecule has 0 aliphatic carbocycles. The van der Waals surface area contributed by atoms with Crippen LogP contribution >= 0.6 is 0 Å². The third-order valence-electron chi connectivity index (χ3n) is 22.0. The first-order valence-electron chi connectivity index (χ1n) is 37.3. The summed E-state index contributed by atoms with van der Waals surface area (Å²) >= 11 is 0. The second kappa shape index (κ2) is 29.0. The van der Waals surface area contributed by atoms with E-state index in [0.29, 0.717) is 88.6 Å². The first-order valence-corrected chi connectivity index (χ1v) is 37.3. The predicted octanol–water partition coefficient (Wildman–Crippen LogP) is 7.38. The fraction of sp³-hybridized carbons (Fsp3) is 0.294. The summed E-state index contributed by atoms with van der Waals surface area (Å²) in [5.74, 6) is 0.0930. The number of morpholine rings is 1. The number of fused-ring (bicyclic) bond motifs is 16. The standard InChI is InChI=1S/C22H22N4O2.2C21H20N4O2.C21H19N3O3/c1-14-3-6-19-17(11-14)20(27)21-23-18-5-4-15(12-16(18)22(28)26(19)21)13-25-9-7-24(2)8-10-25;1-13-2-5-18-16(10-13)19(26)20-23-17-4-3-14(11-15(17)21(27)25(18)20)12-24-8-6-22-7-9-24;1-23-8-10-24(11-9-23)13-14-6-7-17-16(12-14)21(27)25-18-5-3-2-4-15(18)19(26)20(25)22-17;1-13-2-5-18-16(10-13)19(25)20-22-17-4-3-14(11-15(17)21(26)24(18)20)12-23-6-8-27-9-7-23/h3-6,11-12H,7-10,13H2,1-2H3;2-5,10-11,22H,6-9,12H2,1H3;2-7,12H,8-11,13H2,1H3;2-5,10-11H,6-9,12H2,1H3. The molecule has 0 saturated carbocycles. The van der Waals surface area contributed by atoms with Crippen LogP contribution in [0.15, 0.2) is 171 Å². The summed E-state index contributed by atoms with van der Waals surface area (Å²) in [6.45, 7) is 24.6. The van der Waals surface area contributed by atoms with Gasteiger partial charge in [-0.05, 0) is 154 Å². The average molecular weight is 1460 g/mol. The molecule has 109 heavy (non-hydrogen) atoms. The third-order valence-corrected chi connectivity index (χ3v) is 22.0. The molecule has 0 spiro atoms. The van der Waals surface area contributed by atoms with Crippen LogP contribution in [0.25, 0.3) is 66.4 Å². The molecule has 4 fully saturated rings. The zero-order chi connectivity index (χ0) is 75.0. The van der Waals surface area contributed by atoms with Crippen molar-refractivity contribution >= 4 is 66.7 Å². The van der Waals surface area contributed by atoms with Crippen molar-refractivity contribution in [2.75, 3.05) is 119 Å². The number of para-hydroxylation sites is 1. The van der Waals surface area contributed by atoms with Crippen LogP contribution in [0.3, 0.4) is 0 Å². The van der Waals surface area contributed by atoms with Crippen molar-refractivity contribution in [3.05, 3.63) is 278 Å². The van der Waals surface area contributed by atoms with Crippen LogP contribution < -0.4 is 27.6 Å². The normalized spacial score (nSPS) is 16.9. The second-order valence-corrected chi connectivity index (χ2v) is 29.7. The van der Waals surface area contributed by atoms with Gasteiger partial charge >= 0.3 is 0 Å². The Balaban J connectivity index is 0.000000106. The zero-order valence-electron chi connectivity index (χ0n) is 61.5. The molecule has 8 aliphatic heterocycles. The van der Waals surface area contributed by atoms with Gasteiger partial charge in [0.25, 0.3) is 22.2 Å². The fourth-order valence-corrected chi connectivity index (χ4v) is 15.9. The lowest BCUT2D eigenvalue weighted by atomic mass is 10.1. The number of carbonyl (C=O) groups is 4. The lowest BCUT2D eigenvalue weighted by Crippen LogP contribution is -2.43. The van der Waals surface area contributed by atoms with Gasteiger partial charge in [0, 0.05) is 118 Å². The van der Waals surface area contributed by atoms with E-state index in [1.54, 1.807) is 12.1 Å². The predicted molar refractivity (Wildman–Crippen MR) is 417 cm³/mol. The Bertz CT molecular complexity index is 5870. The molecule has 12 heterocycles. The molecule has 0 atom stereocenters. The highest BCUT2D eigenvalue weighted by molar-refractivity contribution is 6.16. The number of carbonyl (C=O) groups excluding carboxylic acids is 4. The van der Waals surface area contributed by atoms with Gasteiger partial charge in [-0.1, -0.05) is 71.3 Å². The van der Waals surface area contributed by atoms with E-state index in [1.165, 1.54) is 18.3 Å². The van der Waals surface area contributed by atoms with E-state index in [0.717, 1.165) is 170 Å². The minimum Gasteiger partial charge on any atom is -0.379 e. The number of hydrogen-bond acceptors (Lipinski definition) is 20. The molecule has 24 heteroatoms. The Morgan fingerprint density at radius 3 is 0.954 bits per heavy atom. The number of ether oxygens (including phenoxy) is 1. The van der Waals surface area contributed by atoms with Gasteiger partial charge in [-0.2, -0.15) is 0 Å². The summed E-state index contributed by atoms with van der Waals surface area (Å²) in [6.07, 6.45) is 0. The maximum Gasteiger partial charge on any atom is 0.266 e. The lowest BCUT2D eigenvalue weighted by molar-refractivity contribution is 0.0342. The van der Waals surface area contributed by atoms with Gasteiger partial charge < -0.3 is 19.9 Å². The Hall–Kier alpha value is -11.3. The summed E-state index contributed by atoms with van der Waals surface area (Å²) in [5.41, 5.74) is 13.6. The number of piperazine rings is 3. The minimum absolute atomic E-state index is 0.170. The number of likely N-dealkylation sites (N-methyl/N-ethyl adjacent to an activating group) is 2. The summed E-state index contributed by atoms with van der Waals surface area (Å²) in [7, 11) is 4.28. The number of nitrogens with one attached hydrogen (secondary N) is 1. The van der Waals surface area contributed by atoms with Gasteiger partial charge in [-0.25, -0.2) is 19.9 Å². The maximum atomic E-state index is 13.3.